The fraction of sp³-hybridized carbons (Fsp3) is 0.294. The second-order valence-electron chi connectivity index (χ2n) is 5.49. The van der Waals surface area contributed by atoms with Crippen LogP contribution in [0.1, 0.15) is 5.56 Å². The standard InChI is InChI=1S/C17H18ClFN2/c18-15-5-3-6-16(12-15)21-10-8-20(9-11-21)13-14-4-1-2-7-17(14)19/h1-7,12H,8-11,13H2/p+1. The second kappa shape index (κ2) is 6.46. The summed E-state index contributed by atoms with van der Waals surface area (Å²) >= 11 is 6.04. The third kappa shape index (κ3) is 3.55. The number of halogens is 2. The van der Waals surface area contributed by atoms with Gasteiger partial charge in [0.05, 0.1) is 26.2 Å². The summed E-state index contributed by atoms with van der Waals surface area (Å²) < 4.78 is 13.7. The summed E-state index contributed by atoms with van der Waals surface area (Å²) in [6, 6.07) is 15.0. The Hall–Kier alpha value is -1.58. The number of piperazine rings is 1. The molecule has 2 aromatic carbocycles. The van der Waals surface area contributed by atoms with Gasteiger partial charge in [-0.3, -0.25) is 0 Å². The van der Waals surface area contributed by atoms with Crippen molar-refractivity contribution in [1.82, 2.24) is 0 Å². The smallest absolute Gasteiger partial charge is 0.132 e. The van der Waals surface area contributed by atoms with Crippen LogP contribution in [0.5, 0.6) is 0 Å². The SMILES string of the molecule is Fc1ccccc1C[NH+]1CCN(c2cccc(Cl)c2)CC1. The molecule has 0 atom stereocenters. The van der Waals surface area contributed by atoms with Gasteiger partial charge < -0.3 is 9.80 Å². The first-order valence-corrected chi connectivity index (χ1v) is 7.67. The first kappa shape index (κ1) is 14.4. The average Bonchev–Trinajstić information content (AvgIpc) is 2.50. The fourth-order valence-corrected chi connectivity index (χ4v) is 3.03. The molecule has 0 saturated carbocycles. The summed E-state index contributed by atoms with van der Waals surface area (Å²) in [5.41, 5.74) is 1.98. The van der Waals surface area contributed by atoms with E-state index in [0.29, 0.717) is 0 Å². The molecule has 0 aliphatic carbocycles. The molecule has 1 heterocycles. The second-order valence-corrected chi connectivity index (χ2v) is 5.92. The van der Waals surface area contributed by atoms with Crippen molar-refractivity contribution < 1.29 is 9.29 Å². The number of hydrogen-bond acceptors (Lipinski definition) is 1. The first-order chi connectivity index (χ1) is 10.2. The summed E-state index contributed by atoms with van der Waals surface area (Å²) in [6.07, 6.45) is 0. The Morgan fingerprint density at radius 3 is 2.52 bits per heavy atom. The maximum atomic E-state index is 13.7. The summed E-state index contributed by atoms with van der Waals surface area (Å²) in [6.45, 7) is 4.74. The molecule has 21 heavy (non-hydrogen) atoms. The molecular weight excluding hydrogens is 287 g/mol. The van der Waals surface area contributed by atoms with Gasteiger partial charge in [0, 0.05) is 16.3 Å². The molecule has 0 bridgehead atoms. The van der Waals surface area contributed by atoms with E-state index in [-0.39, 0.29) is 5.82 Å². The molecule has 0 aromatic heterocycles. The van der Waals surface area contributed by atoms with Crippen molar-refractivity contribution in [3.8, 4) is 0 Å². The largest absolute Gasteiger partial charge is 0.360 e. The van der Waals surface area contributed by atoms with E-state index in [4.69, 9.17) is 11.6 Å². The predicted molar refractivity (Wildman–Crippen MR) is 84.5 cm³/mol. The van der Waals surface area contributed by atoms with Gasteiger partial charge in [-0.2, -0.15) is 0 Å². The van der Waals surface area contributed by atoms with E-state index in [1.54, 1.807) is 6.07 Å². The highest BCUT2D eigenvalue weighted by atomic mass is 35.5. The third-order valence-electron chi connectivity index (χ3n) is 4.04. The summed E-state index contributed by atoms with van der Waals surface area (Å²) in [7, 11) is 0. The zero-order valence-electron chi connectivity index (χ0n) is 11.9. The summed E-state index contributed by atoms with van der Waals surface area (Å²) in [5.74, 6) is -0.0951. The van der Waals surface area contributed by atoms with Crippen LogP contribution >= 0.6 is 11.6 Å². The van der Waals surface area contributed by atoms with Crippen molar-refractivity contribution >= 4 is 17.3 Å². The Balaban J connectivity index is 1.59. The molecule has 3 rings (SSSR count). The van der Waals surface area contributed by atoms with Crippen molar-refractivity contribution in [1.29, 1.82) is 0 Å². The zero-order chi connectivity index (χ0) is 14.7. The van der Waals surface area contributed by atoms with Crippen LogP contribution in [0.15, 0.2) is 48.5 Å². The Morgan fingerprint density at radius 1 is 1.05 bits per heavy atom. The lowest BCUT2D eigenvalue weighted by Gasteiger charge is -2.33. The van der Waals surface area contributed by atoms with Crippen molar-refractivity contribution in [2.45, 2.75) is 6.54 Å². The van der Waals surface area contributed by atoms with Crippen LogP contribution in [0.2, 0.25) is 5.02 Å². The highest BCUT2D eigenvalue weighted by molar-refractivity contribution is 6.30. The molecule has 4 heteroatoms. The van der Waals surface area contributed by atoms with Gasteiger partial charge in [-0.05, 0) is 24.3 Å². The molecule has 0 unspecified atom stereocenters. The van der Waals surface area contributed by atoms with Gasteiger partial charge in [-0.15, -0.1) is 0 Å². The van der Waals surface area contributed by atoms with Gasteiger partial charge in [-0.25, -0.2) is 4.39 Å². The van der Waals surface area contributed by atoms with E-state index in [2.05, 4.69) is 11.0 Å². The van der Waals surface area contributed by atoms with Crippen molar-refractivity contribution in [2.75, 3.05) is 31.1 Å². The lowest BCUT2D eigenvalue weighted by atomic mass is 10.1. The van der Waals surface area contributed by atoms with Crippen LogP contribution in [0, 0.1) is 5.82 Å². The minimum absolute atomic E-state index is 0.0951. The number of quaternary nitrogens is 1. The number of anilines is 1. The van der Waals surface area contributed by atoms with Crippen LogP contribution < -0.4 is 9.80 Å². The highest BCUT2D eigenvalue weighted by Crippen LogP contribution is 2.19. The van der Waals surface area contributed by atoms with E-state index >= 15 is 0 Å². The third-order valence-corrected chi connectivity index (χ3v) is 4.28. The molecule has 0 radical (unpaired) electrons. The number of rotatable bonds is 3. The fourth-order valence-electron chi connectivity index (χ4n) is 2.84. The number of nitrogens with one attached hydrogen (secondary N) is 1. The molecular formula is C17H19ClFN2+. The van der Waals surface area contributed by atoms with E-state index in [1.807, 2.05) is 30.3 Å². The quantitative estimate of drug-likeness (QED) is 0.915. The summed E-state index contributed by atoms with van der Waals surface area (Å²) in [5, 5.41) is 0.772. The van der Waals surface area contributed by atoms with Gasteiger partial charge in [-0.1, -0.05) is 35.9 Å². The van der Waals surface area contributed by atoms with E-state index in [1.165, 1.54) is 16.7 Å². The Kier molecular flexibility index (Phi) is 4.42. The Bertz CT molecular complexity index is 609. The molecule has 0 spiro atoms. The van der Waals surface area contributed by atoms with Crippen LogP contribution in [0.25, 0.3) is 0 Å². The molecule has 1 fully saturated rings. The van der Waals surface area contributed by atoms with Crippen LogP contribution in [0.3, 0.4) is 0 Å². The normalized spacial score (nSPS) is 16.2. The number of nitrogens with zero attached hydrogens (tertiary/aromatic N) is 1. The number of hydrogen-bond donors (Lipinski definition) is 1. The van der Waals surface area contributed by atoms with Crippen molar-refractivity contribution in [3.63, 3.8) is 0 Å². The highest BCUT2D eigenvalue weighted by Gasteiger charge is 2.21. The molecule has 2 nitrogen and oxygen atoms in total. The van der Waals surface area contributed by atoms with Gasteiger partial charge in [0.15, 0.2) is 0 Å². The van der Waals surface area contributed by atoms with Crippen LogP contribution in [0.4, 0.5) is 10.1 Å². The monoisotopic (exact) mass is 305 g/mol. The molecule has 110 valence electrons. The topological polar surface area (TPSA) is 7.68 Å². The van der Waals surface area contributed by atoms with E-state index in [9.17, 15) is 4.39 Å². The molecule has 2 aromatic rings. The lowest BCUT2D eigenvalue weighted by Crippen LogP contribution is -3.13. The van der Waals surface area contributed by atoms with E-state index in [0.717, 1.165) is 43.3 Å². The van der Waals surface area contributed by atoms with Crippen molar-refractivity contribution in [2.24, 2.45) is 0 Å². The Labute approximate surface area is 129 Å². The maximum absolute atomic E-state index is 13.7. The molecule has 1 N–H and O–H groups in total. The summed E-state index contributed by atoms with van der Waals surface area (Å²) in [4.78, 5) is 3.77. The van der Waals surface area contributed by atoms with Gasteiger partial charge in [0.2, 0.25) is 0 Å². The Morgan fingerprint density at radius 2 is 1.81 bits per heavy atom. The van der Waals surface area contributed by atoms with Gasteiger partial charge >= 0.3 is 0 Å². The minimum Gasteiger partial charge on any atom is -0.360 e. The minimum atomic E-state index is -0.0951. The first-order valence-electron chi connectivity index (χ1n) is 7.30. The van der Waals surface area contributed by atoms with Crippen molar-refractivity contribution in [3.05, 3.63) is 64.9 Å². The van der Waals surface area contributed by atoms with E-state index < -0.39 is 0 Å². The van der Waals surface area contributed by atoms with Crippen LogP contribution in [-0.2, 0) is 6.54 Å². The lowest BCUT2D eigenvalue weighted by molar-refractivity contribution is -0.914. The molecule has 1 aliphatic rings. The maximum Gasteiger partial charge on any atom is 0.132 e. The molecule has 0 amide bonds. The zero-order valence-corrected chi connectivity index (χ0v) is 12.6. The number of benzene rings is 2. The predicted octanol–water partition coefficient (Wildman–Crippen LogP) is 2.38. The van der Waals surface area contributed by atoms with Gasteiger partial charge in [0.1, 0.15) is 12.4 Å². The van der Waals surface area contributed by atoms with Crippen LogP contribution in [-0.4, -0.2) is 26.2 Å². The average molecular weight is 306 g/mol. The van der Waals surface area contributed by atoms with Gasteiger partial charge in [0.25, 0.3) is 0 Å². The molecule has 1 saturated heterocycles. The molecule has 1 aliphatic heterocycles.